The van der Waals surface area contributed by atoms with Crippen LogP contribution in [0.3, 0.4) is 0 Å². The Morgan fingerprint density at radius 2 is 1.74 bits per heavy atom. The number of piperidine rings is 1. The van der Waals surface area contributed by atoms with Gasteiger partial charge in [0.25, 0.3) is 5.91 Å². The van der Waals surface area contributed by atoms with Crippen molar-refractivity contribution in [1.82, 2.24) is 10.0 Å². The molecule has 0 saturated carbocycles. The Labute approximate surface area is 123 Å². The number of rotatable bonds is 1. The molecule has 1 aromatic carbocycles. The fraction of sp³-hybridized carbons (Fsp3) is 0.308. The molecular formula is C13H11IN2O3. The van der Waals surface area contributed by atoms with Gasteiger partial charge in [-0.25, -0.2) is 5.01 Å². The predicted molar refractivity (Wildman–Crippen MR) is 74.7 cm³/mol. The number of benzene rings is 1. The number of nitrogens with zero attached hydrogens (tertiary/aromatic N) is 2. The van der Waals surface area contributed by atoms with Gasteiger partial charge in [-0.1, -0.05) is 0 Å². The van der Waals surface area contributed by atoms with Crippen molar-refractivity contribution < 1.29 is 14.4 Å². The minimum atomic E-state index is -0.285. The van der Waals surface area contributed by atoms with Gasteiger partial charge < -0.3 is 0 Å². The molecule has 2 aliphatic rings. The second-order valence-electron chi connectivity index (χ2n) is 4.62. The van der Waals surface area contributed by atoms with Gasteiger partial charge in [-0.3, -0.25) is 14.4 Å². The summed E-state index contributed by atoms with van der Waals surface area (Å²) in [5.74, 6) is -0.839. The van der Waals surface area contributed by atoms with Gasteiger partial charge in [0.05, 0.1) is 6.54 Å². The molecule has 2 heterocycles. The number of imide groups is 1. The van der Waals surface area contributed by atoms with Gasteiger partial charge in [0.1, 0.15) is 0 Å². The lowest BCUT2D eigenvalue weighted by molar-refractivity contribution is -0.163. The topological polar surface area (TPSA) is 57.7 Å². The van der Waals surface area contributed by atoms with E-state index < -0.39 is 0 Å². The molecule has 3 rings (SSSR count). The van der Waals surface area contributed by atoms with Crippen molar-refractivity contribution in [1.29, 1.82) is 0 Å². The minimum absolute atomic E-state index is 0.269. The summed E-state index contributed by atoms with van der Waals surface area (Å²) in [4.78, 5) is 36.0. The van der Waals surface area contributed by atoms with Crippen molar-refractivity contribution in [3.8, 4) is 0 Å². The number of fused-ring (bicyclic) bond motifs is 1. The molecule has 3 amide bonds. The summed E-state index contributed by atoms with van der Waals surface area (Å²) in [6.07, 6.45) is 1.22. The van der Waals surface area contributed by atoms with Gasteiger partial charge in [-0.15, -0.1) is 0 Å². The highest BCUT2D eigenvalue weighted by Gasteiger charge is 2.39. The van der Waals surface area contributed by atoms with Crippen LogP contribution in [0.15, 0.2) is 18.2 Å². The Morgan fingerprint density at radius 1 is 1.05 bits per heavy atom. The third-order valence-corrected chi connectivity index (χ3v) is 4.02. The summed E-state index contributed by atoms with van der Waals surface area (Å²) in [7, 11) is 0. The summed E-state index contributed by atoms with van der Waals surface area (Å²) >= 11 is 2.17. The molecule has 6 heteroatoms. The third-order valence-electron chi connectivity index (χ3n) is 3.35. The third kappa shape index (κ3) is 2.03. The molecule has 5 nitrogen and oxygen atoms in total. The van der Waals surface area contributed by atoms with Crippen molar-refractivity contribution in [2.75, 3.05) is 0 Å². The van der Waals surface area contributed by atoms with E-state index in [4.69, 9.17) is 0 Å². The number of amides is 3. The number of carbonyl (C=O) groups is 3. The van der Waals surface area contributed by atoms with Crippen molar-refractivity contribution in [3.05, 3.63) is 32.9 Å². The van der Waals surface area contributed by atoms with E-state index in [1.807, 2.05) is 12.1 Å². The maximum absolute atomic E-state index is 12.3. The molecule has 0 aliphatic carbocycles. The van der Waals surface area contributed by atoms with Crippen molar-refractivity contribution in [3.63, 3.8) is 0 Å². The Morgan fingerprint density at radius 3 is 2.42 bits per heavy atom. The van der Waals surface area contributed by atoms with Crippen molar-refractivity contribution in [2.24, 2.45) is 0 Å². The highest BCUT2D eigenvalue weighted by Crippen LogP contribution is 2.28. The van der Waals surface area contributed by atoms with E-state index in [1.54, 1.807) is 6.07 Å². The maximum atomic E-state index is 12.3. The van der Waals surface area contributed by atoms with E-state index >= 15 is 0 Å². The van der Waals surface area contributed by atoms with Gasteiger partial charge in [0.2, 0.25) is 11.8 Å². The molecule has 0 unspecified atom stereocenters. The molecule has 2 aliphatic heterocycles. The van der Waals surface area contributed by atoms with Gasteiger partial charge in [-0.05, 0) is 52.8 Å². The van der Waals surface area contributed by atoms with Crippen LogP contribution in [0.5, 0.6) is 0 Å². The minimum Gasteiger partial charge on any atom is -0.273 e. The van der Waals surface area contributed by atoms with Crippen LogP contribution >= 0.6 is 22.6 Å². The van der Waals surface area contributed by atoms with E-state index in [9.17, 15) is 14.4 Å². The first-order chi connectivity index (χ1) is 9.08. The zero-order valence-corrected chi connectivity index (χ0v) is 12.2. The highest BCUT2D eigenvalue weighted by atomic mass is 127. The van der Waals surface area contributed by atoms with Crippen LogP contribution < -0.4 is 0 Å². The Kier molecular flexibility index (Phi) is 3.04. The van der Waals surface area contributed by atoms with Gasteiger partial charge in [-0.2, -0.15) is 5.01 Å². The van der Waals surface area contributed by atoms with Crippen molar-refractivity contribution in [2.45, 2.75) is 25.8 Å². The molecule has 0 spiro atoms. The SMILES string of the molecule is O=C1c2ccc(I)cc2CN1N1C(=O)CCCC1=O. The smallest absolute Gasteiger partial charge is 0.273 e. The Balaban J connectivity index is 1.95. The first-order valence-corrected chi connectivity index (χ1v) is 7.12. The molecule has 1 saturated heterocycles. The van der Waals surface area contributed by atoms with Gasteiger partial charge in [0.15, 0.2) is 0 Å². The van der Waals surface area contributed by atoms with Gasteiger partial charge in [0, 0.05) is 22.0 Å². The van der Waals surface area contributed by atoms with Crippen LogP contribution in [0, 0.1) is 3.57 Å². The summed E-state index contributed by atoms with van der Waals surface area (Å²) in [6.45, 7) is 0.294. The zero-order valence-electron chi connectivity index (χ0n) is 10.1. The fourth-order valence-corrected chi connectivity index (χ4v) is 3.00. The standard InChI is InChI=1S/C13H11IN2O3/c14-9-4-5-10-8(6-9)7-15(13(10)19)16-11(17)2-1-3-12(16)18/h4-6H,1-3,7H2. The normalized spacial score (nSPS) is 19.1. The van der Waals surface area contributed by atoms with Gasteiger partial charge >= 0.3 is 0 Å². The summed E-state index contributed by atoms with van der Waals surface area (Å²) in [6, 6.07) is 5.51. The van der Waals surface area contributed by atoms with Crippen LogP contribution in [-0.2, 0) is 16.1 Å². The fourth-order valence-electron chi connectivity index (χ4n) is 2.45. The summed E-state index contributed by atoms with van der Waals surface area (Å²) in [5, 5.41) is 2.29. The van der Waals surface area contributed by atoms with Crippen molar-refractivity contribution >= 4 is 40.3 Å². The molecule has 1 aromatic rings. The maximum Gasteiger partial charge on any atom is 0.273 e. The Bertz CT molecular complexity index is 584. The number of hydrogen-bond acceptors (Lipinski definition) is 3. The number of halogens is 1. The first kappa shape index (κ1) is 12.6. The molecule has 98 valence electrons. The van der Waals surface area contributed by atoms with Crippen LogP contribution in [-0.4, -0.2) is 27.7 Å². The monoisotopic (exact) mass is 370 g/mol. The average Bonchev–Trinajstić information content (AvgIpc) is 2.66. The Hall–Kier alpha value is -1.44. The van der Waals surface area contributed by atoms with Crippen LogP contribution in [0.1, 0.15) is 35.2 Å². The number of carbonyl (C=O) groups excluding carboxylic acids is 3. The van der Waals surface area contributed by atoms with E-state index in [-0.39, 0.29) is 17.7 Å². The lowest BCUT2D eigenvalue weighted by Crippen LogP contribution is -2.51. The second-order valence-corrected chi connectivity index (χ2v) is 5.86. The molecular weight excluding hydrogens is 359 g/mol. The van der Waals surface area contributed by atoms with E-state index in [0.29, 0.717) is 31.4 Å². The number of hydrogen-bond donors (Lipinski definition) is 0. The quantitative estimate of drug-likeness (QED) is 0.559. The largest absolute Gasteiger partial charge is 0.273 e. The lowest BCUT2D eigenvalue weighted by atomic mass is 10.1. The molecule has 0 bridgehead atoms. The zero-order chi connectivity index (χ0) is 13.6. The summed E-state index contributed by atoms with van der Waals surface area (Å²) < 4.78 is 1.03. The molecule has 1 fully saturated rings. The lowest BCUT2D eigenvalue weighted by Gasteiger charge is -2.32. The van der Waals surface area contributed by atoms with E-state index in [0.717, 1.165) is 14.1 Å². The summed E-state index contributed by atoms with van der Waals surface area (Å²) in [5.41, 5.74) is 1.44. The highest BCUT2D eigenvalue weighted by molar-refractivity contribution is 14.1. The molecule has 0 radical (unpaired) electrons. The van der Waals surface area contributed by atoms with Crippen LogP contribution in [0.2, 0.25) is 0 Å². The molecule has 0 atom stereocenters. The average molecular weight is 370 g/mol. The molecule has 0 N–H and O–H groups in total. The molecule has 0 aromatic heterocycles. The number of hydrazine groups is 1. The van der Waals surface area contributed by atoms with E-state index in [2.05, 4.69) is 22.6 Å². The second kappa shape index (κ2) is 4.59. The predicted octanol–water partition coefficient (Wildman–Crippen LogP) is 1.70. The van der Waals surface area contributed by atoms with Crippen LogP contribution in [0.25, 0.3) is 0 Å². The van der Waals surface area contributed by atoms with E-state index in [1.165, 1.54) is 5.01 Å². The van der Waals surface area contributed by atoms with Crippen LogP contribution in [0.4, 0.5) is 0 Å². The first-order valence-electron chi connectivity index (χ1n) is 6.04. The molecule has 19 heavy (non-hydrogen) atoms.